The summed E-state index contributed by atoms with van der Waals surface area (Å²) in [5.74, 6) is 1.31. The van der Waals surface area contributed by atoms with Crippen LogP contribution in [0.2, 0.25) is 0 Å². The zero-order valence-electron chi connectivity index (χ0n) is 13.1. The van der Waals surface area contributed by atoms with Crippen molar-refractivity contribution in [3.8, 4) is 0 Å². The van der Waals surface area contributed by atoms with Crippen LogP contribution in [0.1, 0.15) is 52.4 Å². The molecule has 5 unspecified atom stereocenters. The van der Waals surface area contributed by atoms with Gasteiger partial charge in [0.05, 0.1) is 24.9 Å². The molecule has 114 valence electrons. The molecule has 2 aliphatic heterocycles. The van der Waals surface area contributed by atoms with Gasteiger partial charge in [-0.3, -0.25) is 0 Å². The number of allylic oxidation sites excluding steroid dienone is 3. The second-order valence-corrected chi connectivity index (χ2v) is 6.33. The second kappa shape index (κ2) is 7.99. The Morgan fingerprint density at radius 3 is 2.70 bits per heavy atom. The Balaban J connectivity index is 1.56. The van der Waals surface area contributed by atoms with Gasteiger partial charge in [0, 0.05) is 0 Å². The third kappa shape index (κ3) is 5.41. The van der Waals surface area contributed by atoms with Gasteiger partial charge in [-0.05, 0) is 50.4 Å². The third-order valence-electron chi connectivity index (χ3n) is 4.56. The van der Waals surface area contributed by atoms with E-state index in [4.69, 9.17) is 9.47 Å². The van der Waals surface area contributed by atoms with Gasteiger partial charge in [0.1, 0.15) is 0 Å². The van der Waals surface area contributed by atoms with E-state index in [-0.39, 0.29) is 0 Å². The van der Waals surface area contributed by atoms with Gasteiger partial charge in [-0.2, -0.15) is 0 Å². The zero-order chi connectivity index (χ0) is 14.4. The summed E-state index contributed by atoms with van der Waals surface area (Å²) >= 11 is 0. The van der Waals surface area contributed by atoms with Crippen LogP contribution in [0.15, 0.2) is 24.8 Å². The maximum absolute atomic E-state index is 5.82. The first-order valence-corrected chi connectivity index (χ1v) is 8.29. The van der Waals surface area contributed by atoms with Gasteiger partial charge in [0.25, 0.3) is 0 Å². The molecule has 0 radical (unpaired) electrons. The summed E-state index contributed by atoms with van der Waals surface area (Å²) in [6.07, 6.45) is 15.3. The van der Waals surface area contributed by atoms with E-state index in [0.717, 1.165) is 25.9 Å². The summed E-state index contributed by atoms with van der Waals surface area (Å²) < 4.78 is 11.2. The molecule has 0 aromatic carbocycles. The quantitative estimate of drug-likeness (QED) is 0.410. The minimum atomic E-state index is 0.487. The van der Waals surface area contributed by atoms with E-state index in [0.29, 0.717) is 30.1 Å². The van der Waals surface area contributed by atoms with Gasteiger partial charge in [-0.15, -0.1) is 6.58 Å². The van der Waals surface area contributed by atoms with Crippen molar-refractivity contribution in [2.75, 3.05) is 6.61 Å². The Hall–Kier alpha value is -0.600. The topological polar surface area (TPSA) is 25.1 Å². The minimum absolute atomic E-state index is 0.487. The summed E-state index contributed by atoms with van der Waals surface area (Å²) in [6.45, 7) is 9.42. The molecule has 2 heterocycles. The van der Waals surface area contributed by atoms with Crippen molar-refractivity contribution >= 4 is 0 Å². The van der Waals surface area contributed by atoms with E-state index in [1.807, 2.05) is 0 Å². The lowest BCUT2D eigenvalue weighted by Crippen LogP contribution is -2.07. The lowest BCUT2D eigenvalue weighted by Gasteiger charge is -2.09. The Labute approximate surface area is 124 Å². The monoisotopic (exact) mass is 278 g/mol. The van der Waals surface area contributed by atoms with Crippen molar-refractivity contribution in [3.05, 3.63) is 24.8 Å². The molecule has 0 aliphatic carbocycles. The van der Waals surface area contributed by atoms with Crippen molar-refractivity contribution < 1.29 is 9.47 Å². The molecule has 0 spiro atoms. The molecule has 0 N–H and O–H groups in total. The summed E-state index contributed by atoms with van der Waals surface area (Å²) in [5, 5.41) is 0. The van der Waals surface area contributed by atoms with Crippen LogP contribution >= 0.6 is 0 Å². The van der Waals surface area contributed by atoms with Crippen molar-refractivity contribution in [1.29, 1.82) is 0 Å². The normalized spacial score (nSPS) is 31.2. The highest BCUT2D eigenvalue weighted by Crippen LogP contribution is 2.35. The second-order valence-electron chi connectivity index (χ2n) is 6.33. The summed E-state index contributed by atoms with van der Waals surface area (Å²) in [4.78, 5) is 0. The van der Waals surface area contributed by atoms with Crippen LogP contribution in [0.25, 0.3) is 0 Å². The van der Waals surface area contributed by atoms with E-state index in [9.17, 15) is 0 Å². The zero-order valence-corrected chi connectivity index (χ0v) is 13.1. The van der Waals surface area contributed by atoms with E-state index in [1.165, 1.54) is 19.3 Å². The van der Waals surface area contributed by atoms with Gasteiger partial charge >= 0.3 is 0 Å². The Morgan fingerprint density at radius 1 is 1.25 bits per heavy atom. The van der Waals surface area contributed by atoms with Crippen LogP contribution in [0.3, 0.4) is 0 Å². The molecule has 0 saturated carbocycles. The average Bonchev–Trinajstić information content (AvgIpc) is 3.34. The first-order valence-electron chi connectivity index (χ1n) is 8.29. The third-order valence-corrected chi connectivity index (χ3v) is 4.56. The molecular weight excluding hydrogens is 248 g/mol. The van der Waals surface area contributed by atoms with E-state index in [1.54, 1.807) is 0 Å². The molecule has 2 nitrogen and oxygen atoms in total. The summed E-state index contributed by atoms with van der Waals surface area (Å²) in [5.41, 5.74) is 0. The Bertz CT molecular complexity index is 319. The van der Waals surface area contributed by atoms with Gasteiger partial charge in [0.15, 0.2) is 0 Å². The standard InChI is InChI=1S/C18H30O2/c1-4-6-7-8-9-15(5-2)12-17-16(20-17)11-10-14(3)18-13-19-18/h5-7,14-18H,2,4,8-13H2,1,3H3/b7-6+. The maximum atomic E-state index is 5.82. The van der Waals surface area contributed by atoms with Gasteiger partial charge in [0.2, 0.25) is 0 Å². The molecule has 0 bridgehead atoms. The minimum Gasteiger partial charge on any atom is -0.373 e. The molecule has 0 aromatic heterocycles. The SMILES string of the molecule is C=CC(CC/C=C/CC)CC1OC1CCC(C)C1CO1. The van der Waals surface area contributed by atoms with Crippen molar-refractivity contribution in [1.82, 2.24) is 0 Å². The molecule has 2 rings (SSSR count). The fourth-order valence-corrected chi connectivity index (χ4v) is 2.86. The van der Waals surface area contributed by atoms with Crippen molar-refractivity contribution in [3.63, 3.8) is 0 Å². The average molecular weight is 278 g/mol. The maximum Gasteiger partial charge on any atom is 0.0847 e. The first kappa shape index (κ1) is 15.8. The smallest absolute Gasteiger partial charge is 0.0847 e. The molecule has 0 amide bonds. The number of rotatable bonds is 11. The van der Waals surface area contributed by atoms with Crippen LogP contribution in [-0.2, 0) is 9.47 Å². The Morgan fingerprint density at radius 2 is 2.05 bits per heavy atom. The molecule has 20 heavy (non-hydrogen) atoms. The summed E-state index contributed by atoms with van der Waals surface area (Å²) in [7, 11) is 0. The molecule has 5 atom stereocenters. The predicted molar refractivity (Wildman–Crippen MR) is 83.8 cm³/mol. The molecule has 2 heteroatoms. The highest BCUT2D eigenvalue weighted by atomic mass is 16.6. The van der Waals surface area contributed by atoms with Crippen LogP contribution in [0.5, 0.6) is 0 Å². The van der Waals surface area contributed by atoms with E-state index < -0.39 is 0 Å². The van der Waals surface area contributed by atoms with Crippen LogP contribution in [0.4, 0.5) is 0 Å². The van der Waals surface area contributed by atoms with E-state index >= 15 is 0 Å². The fourth-order valence-electron chi connectivity index (χ4n) is 2.86. The number of hydrogen-bond donors (Lipinski definition) is 0. The van der Waals surface area contributed by atoms with Crippen molar-refractivity contribution in [2.24, 2.45) is 11.8 Å². The fraction of sp³-hybridized carbons (Fsp3) is 0.778. The summed E-state index contributed by atoms with van der Waals surface area (Å²) in [6, 6.07) is 0. The number of hydrogen-bond acceptors (Lipinski definition) is 2. The lowest BCUT2D eigenvalue weighted by atomic mass is 9.94. The largest absolute Gasteiger partial charge is 0.373 e. The van der Waals surface area contributed by atoms with Crippen LogP contribution in [0, 0.1) is 11.8 Å². The highest BCUT2D eigenvalue weighted by Gasteiger charge is 2.40. The Kier molecular flexibility index (Phi) is 6.31. The number of epoxide rings is 2. The molecule has 2 saturated heterocycles. The van der Waals surface area contributed by atoms with Gasteiger partial charge < -0.3 is 9.47 Å². The molecular formula is C18H30O2. The number of ether oxygens (including phenoxy) is 2. The van der Waals surface area contributed by atoms with Crippen molar-refractivity contribution in [2.45, 2.75) is 70.7 Å². The lowest BCUT2D eigenvalue weighted by molar-refractivity contribution is 0.304. The predicted octanol–water partition coefficient (Wildman–Crippen LogP) is 4.51. The molecule has 0 aromatic rings. The first-order chi connectivity index (χ1) is 9.74. The highest BCUT2D eigenvalue weighted by molar-refractivity contribution is 4.93. The van der Waals surface area contributed by atoms with Gasteiger partial charge in [-0.1, -0.05) is 32.1 Å². The molecule has 2 aliphatic rings. The van der Waals surface area contributed by atoms with Crippen LogP contribution < -0.4 is 0 Å². The van der Waals surface area contributed by atoms with E-state index in [2.05, 4.69) is 38.7 Å². The van der Waals surface area contributed by atoms with Crippen LogP contribution in [-0.4, -0.2) is 24.9 Å². The molecule has 2 fully saturated rings. The van der Waals surface area contributed by atoms with Gasteiger partial charge in [-0.25, -0.2) is 0 Å².